The molecule has 0 bridgehead atoms. The lowest BCUT2D eigenvalue weighted by Crippen LogP contribution is -2.37. The van der Waals surface area contributed by atoms with Gasteiger partial charge in [-0.05, 0) is 25.0 Å². The first kappa shape index (κ1) is 18.4. The number of carbonyl (C=O) groups excluding carboxylic acids is 1. The van der Waals surface area contributed by atoms with Gasteiger partial charge in [-0.3, -0.25) is 9.69 Å². The van der Waals surface area contributed by atoms with Crippen LogP contribution in [0.15, 0.2) is 66.7 Å². The van der Waals surface area contributed by atoms with E-state index in [1.165, 1.54) is 0 Å². The molecule has 0 saturated heterocycles. The maximum Gasteiger partial charge on any atom is 0.239 e. The zero-order chi connectivity index (χ0) is 19.3. The molecule has 1 fully saturated rings. The Bertz CT molecular complexity index is 920. The van der Waals surface area contributed by atoms with Crippen LogP contribution in [0.5, 0.6) is 0 Å². The Kier molecular flexibility index (Phi) is 5.50. The van der Waals surface area contributed by atoms with E-state index in [-0.39, 0.29) is 19.1 Å². The highest BCUT2D eigenvalue weighted by Crippen LogP contribution is 2.27. The molecule has 4 rings (SSSR count). The molecule has 3 aromatic rings. The fourth-order valence-electron chi connectivity index (χ4n) is 3.31. The van der Waals surface area contributed by atoms with Crippen molar-refractivity contribution in [3.63, 3.8) is 0 Å². The van der Waals surface area contributed by atoms with Gasteiger partial charge in [-0.25, -0.2) is 4.68 Å². The number of aliphatic hydroxyl groups is 1. The topological polar surface area (TPSA) is 70.4 Å². The van der Waals surface area contributed by atoms with Gasteiger partial charge in [0.05, 0.1) is 24.5 Å². The van der Waals surface area contributed by atoms with E-state index in [0.717, 1.165) is 29.8 Å². The van der Waals surface area contributed by atoms with E-state index in [4.69, 9.17) is 5.10 Å². The van der Waals surface area contributed by atoms with Crippen LogP contribution in [0.1, 0.15) is 12.8 Å². The number of benzene rings is 2. The molecule has 1 aliphatic rings. The number of hydrogen-bond donors (Lipinski definition) is 2. The predicted octanol–water partition coefficient (Wildman–Crippen LogP) is 2.93. The molecule has 0 atom stereocenters. The van der Waals surface area contributed by atoms with Gasteiger partial charge < -0.3 is 10.4 Å². The molecular formula is C22H24N4O2. The van der Waals surface area contributed by atoms with E-state index in [9.17, 15) is 9.90 Å². The summed E-state index contributed by atoms with van der Waals surface area (Å²) in [4.78, 5) is 14.7. The molecule has 1 heterocycles. The molecule has 0 spiro atoms. The molecule has 6 heteroatoms. The van der Waals surface area contributed by atoms with Crippen molar-refractivity contribution in [2.75, 3.05) is 25.0 Å². The smallest absolute Gasteiger partial charge is 0.239 e. The number of nitrogens with zero attached hydrogens (tertiary/aromatic N) is 3. The van der Waals surface area contributed by atoms with E-state index < -0.39 is 0 Å². The van der Waals surface area contributed by atoms with Gasteiger partial charge in [-0.2, -0.15) is 5.10 Å². The largest absolute Gasteiger partial charge is 0.395 e. The molecule has 2 aromatic carbocycles. The SMILES string of the molecule is O=C(CN(CCO)C1CC1)Nc1cc(-c2ccccc2)nn1-c1ccccc1. The Morgan fingerprint density at radius 3 is 2.43 bits per heavy atom. The molecule has 1 aromatic heterocycles. The number of aromatic nitrogens is 2. The van der Waals surface area contributed by atoms with Gasteiger partial charge in [0.25, 0.3) is 0 Å². The highest BCUT2D eigenvalue weighted by Gasteiger charge is 2.30. The zero-order valence-electron chi connectivity index (χ0n) is 15.7. The summed E-state index contributed by atoms with van der Waals surface area (Å²) in [6.45, 7) is 0.848. The lowest BCUT2D eigenvalue weighted by molar-refractivity contribution is -0.117. The van der Waals surface area contributed by atoms with Crippen molar-refractivity contribution in [1.29, 1.82) is 0 Å². The second-order valence-electron chi connectivity index (χ2n) is 7.00. The first-order valence-electron chi connectivity index (χ1n) is 9.60. The number of aliphatic hydroxyl groups excluding tert-OH is 1. The average Bonchev–Trinajstić information content (AvgIpc) is 3.49. The Labute approximate surface area is 164 Å². The Morgan fingerprint density at radius 1 is 1.11 bits per heavy atom. The molecule has 0 unspecified atom stereocenters. The van der Waals surface area contributed by atoms with E-state index in [1.54, 1.807) is 4.68 Å². The van der Waals surface area contributed by atoms with Crippen LogP contribution in [0.3, 0.4) is 0 Å². The van der Waals surface area contributed by atoms with Crippen LogP contribution < -0.4 is 5.32 Å². The first-order chi connectivity index (χ1) is 13.7. The highest BCUT2D eigenvalue weighted by atomic mass is 16.3. The van der Waals surface area contributed by atoms with Gasteiger partial charge in [-0.1, -0.05) is 48.5 Å². The molecule has 1 saturated carbocycles. The number of anilines is 1. The molecule has 1 amide bonds. The molecule has 6 nitrogen and oxygen atoms in total. The van der Waals surface area contributed by atoms with E-state index >= 15 is 0 Å². The summed E-state index contributed by atoms with van der Waals surface area (Å²) in [5, 5.41) is 17.0. The maximum absolute atomic E-state index is 12.7. The van der Waals surface area contributed by atoms with Crippen LogP contribution in [0.25, 0.3) is 16.9 Å². The first-order valence-corrected chi connectivity index (χ1v) is 9.60. The Balaban J connectivity index is 1.59. The average molecular weight is 376 g/mol. The van der Waals surface area contributed by atoms with E-state index in [2.05, 4.69) is 5.32 Å². The number of amides is 1. The van der Waals surface area contributed by atoms with Gasteiger partial charge in [-0.15, -0.1) is 0 Å². The van der Waals surface area contributed by atoms with Gasteiger partial charge in [0.15, 0.2) is 0 Å². The summed E-state index contributed by atoms with van der Waals surface area (Å²) in [7, 11) is 0. The fourth-order valence-corrected chi connectivity index (χ4v) is 3.31. The maximum atomic E-state index is 12.7. The number of rotatable bonds is 8. The normalized spacial score (nSPS) is 13.6. The van der Waals surface area contributed by atoms with Crippen LogP contribution in [0.2, 0.25) is 0 Å². The fraction of sp³-hybridized carbons (Fsp3) is 0.273. The standard InChI is InChI=1S/C22H24N4O2/c27-14-13-25(18-11-12-18)16-22(28)23-21-15-20(17-7-3-1-4-8-17)24-26(21)19-9-5-2-6-10-19/h1-10,15,18,27H,11-14,16H2,(H,23,28). The van der Waals surface area contributed by atoms with Crippen LogP contribution in [0, 0.1) is 0 Å². The summed E-state index contributed by atoms with van der Waals surface area (Å²) in [6.07, 6.45) is 2.18. The molecule has 1 aliphatic carbocycles. The third-order valence-electron chi connectivity index (χ3n) is 4.84. The van der Waals surface area contributed by atoms with Crippen LogP contribution >= 0.6 is 0 Å². The number of nitrogens with one attached hydrogen (secondary N) is 1. The summed E-state index contributed by atoms with van der Waals surface area (Å²) in [5.41, 5.74) is 2.68. The molecule has 0 radical (unpaired) electrons. The van der Waals surface area contributed by atoms with Gasteiger partial charge >= 0.3 is 0 Å². The summed E-state index contributed by atoms with van der Waals surface area (Å²) >= 11 is 0. The molecular weight excluding hydrogens is 352 g/mol. The van der Waals surface area contributed by atoms with Crippen molar-refractivity contribution in [1.82, 2.24) is 14.7 Å². The summed E-state index contributed by atoms with van der Waals surface area (Å²) < 4.78 is 1.76. The quantitative estimate of drug-likeness (QED) is 0.634. The van der Waals surface area contributed by atoms with Crippen LogP contribution in [-0.4, -0.2) is 51.4 Å². The summed E-state index contributed by atoms with van der Waals surface area (Å²) in [6, 6.07) is 22.0. The second-order valence-corrected chi connectivity index (χ2v) is 7.00. The van der Waals surface area contributed by atoms with Gasteiger partial charge in [0, 0.05) is 24.2 Å². The Hall–Kier alpha value is -2.96. The molecule has 0 aliphatic heterocycles. The Morgan fingerprint density at radius 2 is 1.79 bits per heavy atom. The van der Waals surface area contributed by atoms with Gasteiger partial charge in [0.2, 0.25) is 5.91 Å². The summed E-state index contributed by atoms with van der Waals surface area (Å²) in [5.74, 6) is 0.534. The lowest BCUT2D eigenvalue weighted by atomic mass is 10.1. The second kappa shape index (κ2) is 8.37. The van der Waals surface area contributed by atoms with Crippen molar-refractivity contribution in [2.45, 2.75) is 18.9 Å². The molecule has 28 heavy (non-hydrogen) atoms. The van der Waals surface area contributed by atoms with Crippen molar-refractivity contribution in [2.24, 2.45) is 0 Å². The van der Waals surface area contributed by atoms with Crippen molar-refractivity contribution in [3.8, 4) is 16.9 Å². The minimum Gasteiger partial charge on any atom is -0.395 e. The number of para-hydroxylation sites is 1. The minimum absolute atomic E-state index is 0.0594. The third-order valence-corrected chi connectivity index (χ3v) is 4.84. The zero-order valence-corrected chi connectivity index (χ0v) is 15.7. The number of hydrogen-bond acceptors (Lipinski definition) is 4. The van der Waals surface area contributed by atoms with Crippen LogP contribution in [0.4, 0.5) is 5.82 Å². The molecule has 2 N–H and O–H groups in total. The van der Waals surface area contributed by atoms with Gasteiger partial charge in [0.1, 0.15) is 5.82 Å². The van der Waals surface area contributed by atoms with Crippen molar-refractivity contribution >= 4 is 11.7 Å². The van der Waals surface area contributed by atoms with E-state index in [0.29, 0.717) is 18.4 Å². The van der Waals surface area contributed by atoms with Crippen LogP contribution in [-0.2, 0) is 4.79 Å². The highest BCUT2D eigenvalue weighted by molar-refractivity contribution is 5.92. The monoisotopic (exact) mass is 376 g/mol. The van der Waals surface area contributed by atoms with E-state index in [1.807, 2.05) is 71.6 Å². The molecule has 144 valence electrons. The minimum atomic E-state index is -0.1000. The number of carbonyl (C=O) groups is 1. The predicted molar refractivity (Wildman–Crippen MR) is 109 cm³/mol. The van der Waals surface area contributed by atoms with Crippen molar-refractivity contribution in [3.05, 3.63) is 66.7 Å². The lowest BCUT2D eigenvalue weighted by Gasteiger charge is -2.20. The van der Waals surface area contributed by atoms with Crippen molar-refractivity contribution < 1.29 is 9.90 Å². The third kappa shape index (κ3) is 4.30.